The molecule has 1 saturated heterocycles. The van der Waals surface area contributed by atoms with Crippen molar-refractivity contribution in [3.05, 3.63) is 0 Å². The lowest BCUT2D eigenvalue weighted by Gasteiger charge is -2.22. The minimum atomic E-state index is 0.0407. The molecule has 1 heterocycles. The topological polar surface area (TPSA) is 41.6 Å². The minimum absolute atomic E-state index is 0.0407. The number of hydrogen-bond donors (Lipinski definition) is 1. The van der Waals surface area contributed by atoms with Crippen molar-refractivity contribution in [2.75, 3.05) is 40.4 Å². The summed E-state index contributed by atoms with van der Waals surface area (Å²) in [6.45, 7) is 3.10. The number of piperidine rings is 1. The van der Waals surface area contributed by atoms with Gasteiger partial charge in [0.2, 0.25) is 5.91 Å². The lowest BCUT2D eigenvalue weighted by molar-refractivity contribution is -0.134. The van der Waals surface area contributed by atoms with E-state index in [0.717, 1.165) is 32.5 Å². The highest BCUT2D eigenvalue weighted by atomic mass is 16.5. The van der Waals surface area contributed by atoms with E-state index in [0.29, 0.717) is 5.92 Å². The maximum absolute atomic E-state index is 11.2. The van der Waals surface area contributed by atoms with Crippen LogP contribution >= 0.6 is 0 Å². The highest BCUT2D eigenvalue weighted by Gasteiger charge is 2.13. The SMILES string of the molecule is CN(C)C(=O)COCC1CCNCC1. The Morgan fingerprint density at radius 2 is 2.07 bits per heavy atom. The molecule has 1 N–H and O–H groups in total. The molecule has 0 aromatic rings. The van der Waals surface area contributed by atoms with E-state index in [1.54, 1.807) is 19.0 Å². The molecule has 1 amide bonds. The zero-order valence-electron chi connectivity index (χ0n) is 9.08. The quantitative estimate of drug-likeness (QED) is 0.699. The minimum Gasteiger partial charge on any atom is -0.371 e. The molecule has 1 fully saturated rings. The first-order valence-electron chi connectivity index (χ1n) is 5.18. The number of rotatable bonds is 4. The Kier molecular flexibility index (Phi) is 4.90. The van der Waals surface area contributed by atoms with E-state index in [9.17, 15) is 4.79 Å². The maximum atomic E-state index is 11.2. The fourth-order valence-electron chi connectivity index (χ4n) is 1.49. The van der Waals surface area contributed by atoms with Crippen LogP contribution in [0.1, 0.15) is 12.8 Å². The smallest absolute Gasteiger partial charge is 0.248 e. The van der Waals surface area contributed by atoms with Gasteiger partial charge in [0.15, 0.2) is 0 Å². The van der Waals surface area contributed by atoms with Gasteiger partial charge in [-0.3, -0.25) is 4.79 Å². The fourth-order valence-corrected chi connectivity index (χ4v) is 1.49. The summed E-state index contributed by atoms with van der Waals surface area (Å²) in [4.78, 5) is 12.7. The monoisotopic (exact) mass is 200 g/mol. The van der Waals surface area contributed by atoms with Crippen LogP contribution in [0.4, 0.5) is 0 Å². The number of likely N-dealkylation sites (N-methyl/N-ethyl adjacent to an activating group) is 1. The average molecular weight is 200 g/mol. The van der Waals surface area contributed by atoms with Gasteiger partial charge in [-0.05, 0) is 31.8 Å². The van der Waals surface area contributed by atoms with E-state index in [2.05, 4.69) is 5.32 Å². The van der Waals surface area contributed by atoms with Gasteiger partial charge in [-0.25, -0.2) is 0 Å². The van der Waals surface area contributed by atoms with Crippen LogP contribution < -0.4 is 5.32 Å². The number of carbonyl (C=O) groups is 1. The first-order chi connectivity index (χ1) is 6.70. The summed E-state index contributed by atoms with van der Waals surface area (Å²) in [6, 6.07) is 0. The molecule has 0 aromatic carbocycles. The van der Waals surface area contributed by atoms with Gasteiger partial charge in [0.25, 0.3) is 0 Å². The van der Waals surface area contributed by atoms with Crippen LogP contribution in [0.5, 0.6) is 0 Å². The van der Waals surface area contributed by atoms with Gasteiger partial charge in [0.05, 0.1) is 6.61 Å². The molecule has 82 valence electrons. The average Bonchev–Trinajstić information content (AvgIpc) is 2.19. The zero-order chi connectivity index (χ0) is 10.4. The van der Waals surface area contributed by atoms with Gasteiger partial charge in [-0.15, -0.1) is 0 Å². The van der Waals surface area contributed by atoms with E-state index in [4.69, 9.17) is 4.74 Å². The maximum Gasteiger partial charge on any atom is 0.248 e. The van der Waals surface area contributed by atoms with Crippen molar-refractivity contribution < 1.29 is 9.53 Å². The molecule has 0 aromatic heterocycles. The van der Waals surface area contributed by atoms with Gasteiger partial charge in [0, 0.05) is 14.1 Å². The summed E-state index contributed by atoms with van der Waals surface area (Å²) in [5.74, 6) is 0.671. The molecule has 0 radical (unpaired) electrons. The molecule has 0 aliphatic carbocycles. The highest BCUT2D eigenvalue weighted by molar-refractivity contribution is 5.76. The van der Waals surface area contributed by atoms with Crippen LogP contribution in [-0.4, -0.2) is 51.2 Å². The van der Waals surface area contributed by atoms with Gasteiger partial charge < -0.3 is 15.0 Å². The lowest BCUT2D eigenvalue weighted by Crippen LogP contribution is -2.32. The first-order valence-corrected chi connectivity index (χ1v) is 5.18. The molecule has 4 heteroatoms. The van der Waals surface area contributed by atoms with Crippen molar-refractivity contribution in [3.63, 3.8) is 0 Å². The Labute approximate surface area is 85.6 Å². The predicted molar refractivity (Wildman–Crippen MR) is 55.1 cm³/mol. The molecule has 0 atom stereocenters. The summed E-state index contributed by atoms with van der Waals surface area (Å²) < 4.78 is 5.38. The number of carbonyl (C=O) groups excluding carboxylic acids is 1. The van der Waals surface area contributed by atoms with Crippen molar-refractivity contribution in [1.82, 2.24) is 10.2 Å². The Morgan fingerprint density at radius 3 is 2.64 bits per heavy atom. The second kappa shape index (κ2) is 5.98. The fraction of sp³-hybridized carbons (Fsp3) is 0.900. The Hall–Kier alpha value is -0.610. The lowest BCUT2D eigenvalue weighted by atomic mass is 9.99. The molecule has 1 aliphatic rings. The summed E-state index contributed by atoms with van der Waals surface area (Å²) in [5, 5.41) is 3.30. The third-order valence-electron chi connectivity index (χ3n) is 2.54. The third-order valence-corrected chi connectivity index (χ3v) is 2.54. The number of nitrogens with zero attached hydrogens (tertiary/aromatic N) is 1. The van der Waals surface area contributed by atoms with E-state index in [-0.39, 0.29) is 12.5 Å². The van der Waals surface area contributed by atoms with Crippen molar-refractivity contribution in [3.8, 4) is 0 Å². The molecule has 0 bridgehead atoms. The Bertz CT molecular complexity index is 177. The van der Waals surface area contributed by atoms with E-state index >= 15 is 0 Å². The molecule has 1 aliphatic heterocycles. The van der Waals surface area contributed by atoms with E-state index in [1.165, 1.54) is 0 Å². The standard InChI is InChI=1S/C10H20N2O2/c1-12(2)10(13)8-14-7-9-3-5-11-6-4-9/h9,11H,3-8H2,1-2H3. The molecular weight excluding hydrogens is 180 g/mol. The van der Waals surface area contributed by atoms with Crippen LogP contribution in [0.15, 0.2) is 0 Å². The van der Waals surface area contributed by atoms with Crippen LogP contribution in [0.25, 0.3) is 0 Å². The molecule has 4 nitrogen and oxygen atoms in total. The van der Waals surface area contributed by atoms with Gasteiger partial charge >= 0.3 is 0 Å². The van der Waals surface area contributed by atoms with Crippen molar-refractivity contribution in [2.45, 2.75) is 12.8 Å². The molecule has 0 unspecified atom stereocenters. The predicted octanol–water partition coefficient (Wildman–Crippen LogP) is 0.0908. The molecular formula is C10H20N2O2. The largest absolute Gasteiger partial charge is 0.371 e. The summed E-state index contributed by atoms with van der Waals surface area (Å²) in [6.07, 6.45) is 2.33. The number of hydrogen-bond acceptors (Lipinski definition) is 3. The Balaban J connectivity index is 2.05. The van der Waals surface area contributed by atoms with Crippen molar-refractivity contribution in [1.29, 1.82) is 0 Å². The first kappa shape index (κ1) is 11.5. The molecule has 1 rings (SSSR count). The third kappa shape index (κ3) is 4.07. The molecule has 14 heavy (non-hydrogen) atoms. The van der Waals surface area contributed by atoms with Crippen LogP contribution in [-0.2, 0) is 9.53 Å². The summed E-state index contributed by atoms with van der Waals surface area (Å²) >= 11 is 0. The Morgan fingerprint density at radius 1 is 1.43 bits per heavy atom. The van der Waals surface area contributed by atoms with Crippen molar-refractivity contribution >= 4 is 5.91 Å². The number of amides is 1. The second-order valence-corrected chi connectivity index (χ2v) is 4.00. The van der Waals surface area contributed by atoms with E-state index < -0.39 is 0 Å². The molecule has 0 saturated carbocycles. The molecule has 0 spiro atoms. The number of nitrogens with one attached hydrogen (secondary N) is 1. The van der Waals surface area contributed by atoms with Gasteiger partial charge in [-0.1, -0.05) is 0 Å². The summed E-state index contributed by atoms with van der Waals surface area (Å²) in [5.41, 5.74) is 0. The van der Waals surface area contributed by atoms with Crippen LogP contribution in [0, 0.1) is 5.92 Å². The summed E-state index contributed by atoms with van der Waals surface area (Å²) in [7, 11) is 3.49. The highest BCUT2D eigenvalue weighted by Crippen LogP contribution is 2.11. The van der Waals surface area contributed by atoms with Crippen LogP contribution in [0.3, 0.4) is 0 Å². The normalized spacial score (nSPS) is 18.1. The number of ether oxygens (including phenoxy) is 1. The van der Waals surface area contributed by atoms with Gasteiger partial charge in [-0.2, -0.15) is 0 Å². The van der Waals surface area contributed by atoms with E-state index in [1.807, 2.05) is 0 Å². The van der Waals surface area contributed by atoms with Gasteiger partial charge in [0.1, 0.15) is 6.61 Å². The van der Waals surface area contributed by atoms with Crippen molar-refractivity contribution in [2.24, 2.45) is 5.92 Å². The zero-order valence-corrected chi connectivity index (χ0v) is 9.08. The second-order valence-electron chi connectivity index (χ2n) is 4.00. The van der Waals surface area contributed by atoms with Crippen LogP contribution in [0.2, 0.25) is 0 Å².